The van der Waals surface area contributed by atoms with Crippen LogP contribution in [0.3, 0.4) is 0 Å². The zero-order valence-corrected chi connectivity index (χ0v) is 13.8. The van der Waals surface area contributed by atoms with E-state index < -0.39 is 0 Å². The fourth-order valence-corrected chi connectivity index (χ4v) is 3.50. The van der Waals surface area contributed by atoms with Gasteiger partial charge in [0.15, 0.2) is 0 Å². The van der Waals surface area contributed by atoms with E-state index in [-0.39, 0.29) is 6.10 Å². The molecule has 1 aliphatic carbocycles. The van der Waals surface area contributed by atoms with Crippen LogP contribution in [0.5, 0.6) is 0 Å². The van der Waals surface area contributed by atoms with Gasteiger partial charge >= 0.3 is 0 Å². The van der Waals surface area contributed by atoms with E-state index in [9.17, 15) is 5.11 Å². The molecular weight excluding hydrogens is 300 g/mol. The molecule has 1 aliphatic rings. The van der Waals surface area contributed by atoms with Crippen LogP contribution >= 0.6 is 0 Å². The van der Waals surface area contributed by atoms with Crippen LogP contribution < -0.4 is 5.32 Å². The second-order valence-electron chi connectivity index (χ2n) is 6.59. The van der Waals surface area contributed by atoms with Crippen molar-refractivity contribution in [3.05, 3.63) is 48.3 Å². The average molecular weight is 322 g/mol. The molecular formula is C19H22N4O. The van der Waals surface area contributed by atoms with Crippen molar-refractivity contribution in [3.8, 4) is 5.82 Å². The topological polar surface area (TPSA) is 63.0 Å². The number of anilines is 1. The number of fused-ring (bicyclic) bond motifs is 1. The molecule has 3 aromatic rings. The summed E-state index contributed by atoms with van der Waals surface area (Å²) in [5.41, 5.74) is 2.39. The number of rotatable bonds is 3. The van der Waals surface area contributed by atoms with Crippen molar-refractivity contribution in [2.75, 3.05) is 5.32 Å². The molecule has 1 saturated carbocycles. The van der Waals surface area contributed by atoms with Gasteiger partial charge in [-0.05, 0) is 50.3 Å². The number of aryl methyl sites for hydroxylation is 1. The first-order valence-electron chi connectivity index (χ1n) is 8.55. The minimum absolute atomic E-state index is 0.149. The second kappa shape index (κ2) is 6.24. The predicted octanol–water partition coefficient (Wildman–Crippen LogP) is 3.44. The van der Waals surface area contributed by atoms with Crippen molar-refractivity contribution in [1.82, 2.24) is 14.5 Å². The summed E-state index contributed by atoms with van der Waals surface area (Å²) in [7, 11) is 0. The lowest BCUT2D eigenvalue weighted by atomic mass is 9.93. The molecule has 2 heterocycles. The van der Waals surface area contributed by atoms with Crippen molar-refractivity contribution in [1.29, 1.82) is 0 Å². The highest BCUT2D eigenvalue weighted by molar-refractivity contribution is 5.85. The maximum absolute atomic E-state index is 9.63. The third kappa shape index (κ3) is 2.87. The van der Waals surface area contributed by atoms with Gasteiger partial charge in [-0.3, -0.25) is 0 Å². The molecule has 5 nitrogen and oxygen atoms in total. The molecule has 0 unspecified atom stereocenters. The molecule has 0 saturated heterocycles. The molecule has 0 radical (unpaired) electrons. The molecule has 4 rings (SSSR count). The van der Waals surface area contributed by atoms with Crippen LogP contribution in [-0.4, -0.2) is 31.8 Å². The molecule has 0 bridgehead atoms. The fraction of sp³-hybridized carbons (Fsp3) is 0.368. The number of benzene rings is 1. The SMILES string of the molecule is Cc1cn(-c2ccnc(N[C@H]3CC[C@H](O)CC3)n2)c2ccccc12. The first-order valence-corrected chi connectivity index (χ1v) is 8.55. The normalized spacial score (nSPS) is 21.1. The highest BCUT2D eigenvalue weighted by atomic mass is 16.3. The molecule has 0 atom stereocenters. The summed E-state index contributed by atoms with van der Waals surface area (Å²) < 4.78 is 2.11. The van der Waals surface area contributed by atoms with Gasteiger partial charge in [-0.2, -0.15) is 4.98 Å². The Kier molecular flexibility index (Phi) is 3.94. The highest BCUT2D eigenvalue weighted by Gasteiger charge is 2.20. The molecule has 0 amide bonds. The molecule has 2 aromatic heterocycles. The van der Waals surface area contributed by atoms with Crippen molar-refractivity contribution < 1.29 is 5.11 Å². The van der Waals surface area contributed by atoms with Crippen molar-refractivity contribution in [3.63, 3.8) is 0 Å². The zero-order valence-electron chi connectivity index (χ0n) is 13.8. The minimum Gasteiger partial charge on any atom is -0.393 e. The van der Waals surface area contributed by atoms with Gasteiger partial charge in [0, 0.05) is 23.8 Å². The maximum Gasteiger partial charge on any atom is 0.224 e. The number of hydrogen-bond acceptors (Lipinski definition) is 4. The Labute approximate surface area is 141 Å². The summed E-state index contributed by atoms with van der Waals surface area (Å²) in [6.45, 7) is 2.12. The van der Waals surface area contributed by atoms with E-state index in [0.717, 1.165) is 37.0 Å². The Morgan fingerprint density at radius 3 is 2.75 bits per heavy atom. The number of nitrogens with one attached hydrogen (secondary N) is 1. The predicted molar refractivity (Wildman–Crippen MR) is 95.5 cm³/mol. The summed E-state index contributed by atoms with van der Waals surface area (Å²) >= 11 is 0. The van der Waals surface area contributed by atoms with E-state index in [1.165, 1.54) is 10.9 Å². The number of para-hydroxylation sites is 1. The first-order chi connectivity index (χ1) is 11.7. The van der Waals surface area contributed by atoms with Crippen LogP contribution in [0.1, 0.15) is 31.2 Å². The van der Waals surface area contributed by atoms with E-state index in [2.05, 4.69) is 46.2 Å². The van der Waals surface area contributed by atoms with Gasteiger partial charge in [0.1, 0.15) is 5.82 Å². The standard InChI is InChI=1S/C19H22N4O/c1-13-12-23(17-5-3-2-4-16(13)17)18-10-11-20-19(22-18)21-14-6-8-15(24)9-7-14/h2-5,10-12,14-15,24H,6-9H2,1H3,(H,20,21,22)/t14-,15-. The van der Waals surface area contributed by atoms with Crippen LogP contribution in [0.15, 0.2) is 42.7 Å². The molecule has 1 aromatic carbocycles. The molecule has 0 spiro atoms. The fourth-order valence-electron chi connectivity index (χ4n) is 3.50. The van der Waals surface area contributed by atoms with Gasteiger partial charge in [-0.1, -0.05) is 18.2 Å². The zero-order chi connectivity index (χ0) is 16.5. The van der Waals surface area contributed by atoms with E-state index >= 15 is 0 Å². The lowest BCUT2D eigenvalue weighted by Gasteiger charge is -2.26. The smallest absolute Gasteiger partial charge is 0.224 e. The van der Waals surface area contributed by atoms with Crippen molar-refractivity contribution in [2.24, 2.45) is 0 Å². The van der Waals surface area contributed by atoms with Crippen LogP contribution in [0.2, 0.25) is 0 Å². The van der Waals surface area contributed by atoms with Crippen LogP contribution in [-0.2, 0) is 0 Å². The van der Waals surface area contributed by atoms with Gasteiger partial charge in [0.2, 0.25) is 5.95 Å². The Bertz CT molecular complexity index is 849. The molecule has 2 N–H and O–H groups in total. The Hall–Kier alpha value is -2.40. The lowest BCUT2D eigenvalue weighted by Crippen LogP contribution is -2.29. The molecule has 24 heavy (non-hydrogen) atoms. The summed E-state index contributed by atoms with van der Waals surface area (Å²) in [5, 5.41) is 14.3. The Balaban J connectivity index is 1.62. The van der Waals surface area contributed by atoms with Gasteiger partial charge < -0.3 is 15.0 Å². The number of aliphatic hydroxyl groups is 1. The average Bonchev–Trinajstić information content (AvgIpc) is 2.95. The van der Waals surface area contributed by atoms with E-state index in [1.54, 1.807) is 6.20 Å². The molecule has 5 heteroatoms. The third-order valence-corrected chi connectivity index (χ3v) is 4.83. The summed E-state index contributed by atoms with van der Waals surface area (Å²) in [6, 6.07) is 10.6. The Morgan fingerprint density at radius 2 is 1.92 bits per heavy atom. The Morgan fingerprint density at radius 1 is 1.12 bits per heavy atom. The number of aromatic nitrogens is 3. The molecule has 0 aliphatic heterocycles. The van der Waals surface area contributed by atoms with E-state index in [0.29, 0.717) is 12.0 Å². The van der Waals surface area contributed by atoms with Crippen molar-refractivity contribution in [2.45, 2.75) is 44.8 Å². The van der Waals surface area contributed by atoms with Gasteiger partial charge in [-0.25, -0.2) is 4.98 Å². The molecule has 124 valence electrons. The van der Waals surface area contributed by atoms with Crippen LogP contribution in [0, 0.1) is 6.92 Å². The number of aliphatic hydroxyl groups excluding tert-OH is 1. The highest BCUT2D eigenvalue weighted by Crippen LogP contribution is 2.24. The number of nitrogens with zero attached hydrogens (tertiary/aromatic N) is 3. The quantitative estimate of drug-likeness (QED) is 0.775. The van der Waals surface area contributed by atoms with Crippen LogP contribution in [0.25, 0.3) is 16.7 Å². The largest absolute Gasteiger partial charge is 0.393 e. The van der Waals surface area contributed by atoms with Gasteiger partial charge in [-0.15, -0.1) is 0 Å². The number of hydrogen-bond donors (Lipinski definition) is 2. The second-order valence-corrected chi connectivity index (χ2v) is 6.59. The van der Waals surface area contributed by atoms with Gasteiger partial charge in [0.05, 0.1) is 11.6 Å². The maximum atomic E-state index is 9.63. The monoisotopic (exact) mass is 322 g/mol. The van der Waals surface area contributed by atoms with Gasteiger partial charge in [0.25, 0.3) is 0 Å². The van der Waals surface area contributed by atoms with Crippen molar-refractivity contribution >= 4 is 16.9 Å². The minimum atomic E-state index is -0.149. The third-order valence-electron chi connectivity index (χ3n) is 4.83. The van der Waals surface area contributed by atoms with Crippen LogP contribution in [0.4, 0.5) is 5.95 Å². The lowest BCUT2D eigenvalue weighted by molar-refractivity contribution is 0.126. The first kappa shape index (κ1) is 15.1. The summed E-state index contributed by atoms with van der Waals surface area (Å²) in [4.78, 5) is 9.06. The van der Waals surface area contributed by atoms with E-state index in [1.807, 2.05) is 12.1 Å². The summed E-state index contributed by atoms with van der Waals surface area (Å²) in [5.74, 6) is 1.52. The molecule has 1 fully saturated rings. The summed E-state index contributed by atoms with van der Waals surface area (Å²) in [6.07, 6.45) is 7.38. The van der Waals surface area contributed by atoms with E-state index in [4.69, 9.17) is 4.98 Å².